The van der Waals surface area contributed by atoms with Crippen molar-refractivity contribution in [2.24, 2.45) is 7.05 Å². The minimum Gasteiger partial charge on any atom is -0.477 e. The van der Waals surface area contributed by atoms with E-state index in [4.69, 9.17) is 11.6 Å². The van der Waals surface area contributed by atoms with E-state index in [1.807, 2.05) is 6.92 Å². The van der Waals surface area contributed by atoms with Crippen LogP contribution in [0.25, 0.3) is 0 Å². The molecular formula is C16H15ClN6O4S3. The Morgan fingerprint density at radius 3 is 2.80 bits per heavy atom. The Balaban J connectivity index is 1.50. The van der Waals surface area contributed by atoms with Crippen molar-refractivity contribution in [3.8, 4) is 0 Å². The Morgan fingerprint density at radius 1 is 1.43 bits per heavy atom. The number of aliphatic carboxylic acids is 1. The van der Waals surface area contributed by atoms with Crippen LogP contribution in [0.4, 0.5) is 0 Å². The van der Waals surface area contributed by atoms with Crippen molar-refractivity contribution in [2.45, 2.75) is 22.7 Å². The van der Waals surface area contributed by atoms with Crippen molar-refractivity contribution in [1.29, 1.82) is 0 Å². The summed E-state index contributed by atoms with van der Waals surface area (Å²) in [5.74, 6) is -1.35. The monoisotopic (exact) mass is 486 g/mol. The third kappa shape index (κ3) is 3.70. The number of aryl methyl sites for hydroxylation is 2. The highest BCUT2D eigenvalue weighted by Gasteiger charge is 2.54. The standard InChI is InChI=1S/C16H15ClN6O4S3/c1-6-20-21-16(30-6)29-5-7-4-28-14-9(13(25)23(14)10(7)15(26)27)19-12(24)11-8(17)3-18-22(11)2/h3,9,14H,4-5H2,1-2H3,(H,19,24)(H,26,27)/t9-,14-/m0/s1. The summed E-state index contributed by atoms with van der Waals surface area (Å²) in [5.41, 5.74) is 0.748. The Hall–Kier alpha value is -2.09. The molecule has 2 atom stereocenters. The number of nitrogens with zero attached hydrogens (tertiary/aromatic N) is 5. The molecule has 2 N–H and O–H groups in total. The number of carbonyl (C=O) groups excluding carboxylic acids is 2. The molecule has 0 radical (unpaired) electrons. The van der Waals surface area contributed by atoms with Gasteiger partial charge in [0.15, 0.2) is 4.34 Å². The summed E-state index contributed by atoms with van der Waals surface area (Å²) in [5, 5.41) is 24.8. The van der Waals surface area contributed by atoms with Gasteiger partial charge in [0.2, 0.25) is 0 Å². The van der Waals surface area contributed by atoms with Crippen molar-refractivity contribution in [3.05, 3.63) is 33.2 Å². The number of nitrogens with one attached hydrogen (secondary N) is 1. The molecule has 2 aromatic heterocycles. The summed E-state index contributed by atoms with van der Waals surface area (Å²) >= 11 is 10.2. The van der Waals surface area contributed by atoms with E-state index in [2.05, 4.69) is 20.6 Å². The first-order valence-corrected chi connectivity index (χ1v) is 11.8. The maximum absolute atomic E-state index is 12.7. The van der Waals surface area contributed by atoms with Crippen molar-refractivity contribution in [2.75, 3.05) is 11.5 Å². The molecule has 2 aromatic rings. The fourth-order valence-electron chi connectivity index (χ4n) is 3.16. The van der Waals surface area contributed by atoms with Crippen LogP contribution >= 0.6 is 46.5 Å². The number of carboxylic acid groups (broad SMARTS) is 1. The molecule has 158 valence electrons. The molecule has 0 aliphatic carbocycles. The zero-order valence-electron chi connectivity index (χ0n) is 15.7. The molecule has 14 heteroatoms. The molecule has 4 heterocycles. The van der Waals surface area contributed by atoms with E-state index in [0.717, 1.165) is 9.35 Å². The molecular weight excluding hydrogens is 472 g/mol. The zero-order valence-corrected chi connectivity index (χ0v) is 18.9. The van der Waals surface area contributed by atoms with Crippen LogP contribution in [0.3, 0.4) is 0 Å². The SMILES string of the molecule is Cc1nnc(SCC2=C(C(=O)O)N3C(=O)[C@H](NC(=O)c4c(Cl)cnn4C)[C@@H]3SC2)s1. The average molecular weight is 487 g/mol. The van der Waals surface area contributed by atoms with Crippen LogP contribution in [0, 0.1) is 6.92 Å². The molecule has 0 bridgehead atoms. The van der Waals surface area contributed by atoms with Gasteiger partial charge in [-0.15, -0.1) is 22.0 Å². The van der Waals surface area contributed by atoms with Gasteiger partial charge in [-0.1, -0.05) is 34.7 Å². The number of amides is 2. The Labute approximate surface area is 188 Å². The van der Waals surface area contributed by atoms with E-state index < -0.39 is 29.2 Å². The second-order valence-corrected chi connectivity index (χ2v) is 10.4. The Kier molecular flexibility index (Phi) is 5.79. The number of rotatable bonds is 6. The van der Waals surface area contributed by atoms with Crippen molar-refractivity contribution in [3.63, 3.8) is 0 Å². The summed E-state index contributed by atoms with van der Waals surface area (Å²) < 4.78 is 2.06. The highest BCUT2D eigenvalue weighted by molar-refractivity contribution is 8.01. The molecule has 0 spiro atoms. The van der Waals surface area contributed by atoms with E-state index >= 15 is 0 Å². The van der Waals surface area contributed by atoms with Crippen molar-refractivity contribution >= 4 is 64.2 Å². The first-order valence-electron chi connectivity index (χ1n) is 8.59. The average Bonchev–Trinajstić information content (AvgIpc) is 3.27. The van der Waals surface area contributed by atoms with Crippen molar-refractivity contribution in [1.82, 2.24) is 30.2 Å². The number of aromatic nitrogens is 4. The van der Waals surface area contributed by atoms with Crippen LogP contribution in [-0.2, 0) is 16.6 Å². The topological polar surface area (TPSA) is 130 Å². The third-order valence-corrected chi connectivity index (χ3v) is 8.20. The molecule has 1 fully saturated rings. The van der Waals surface area contributed by atoms with Gasteiger partial charge in [0.05, 0.1) is 11.2 Å². The fraction of sp³-hybridized carbons (Fsp3) is 0.375. The molecule has 30 heavy (non-hydrogen) atoms. The molecule has 2 aliphatic rings. The first kappa shape index (κ1) is 21.2. The smallest absolute Gasteiger partial charge is 0.352 e. The summed E-state index contributed by atoms with van der Waals surface area (Å²) in [6.45, 7) is 1.84. The highest BCUT2D eigenvalue weighted by atomic mass is 35.5. The van der Waals surface area contributed by atoms with Gasteiger partial charge in [-0.05, 0) is 12.5 Å². The normalized spacial score (nSPS) is 20.8. The van der Waals surface area contributed by atoms with Gasteiger partial charge in [0, 0.05) is 18.6 Å². The van der Waals surface area contributed by atoms with Crippen LogP contribution in [0.5, 0.6) is 0 Å². The van der Waals surface area contributed by atoms with E-state index in [1.165, 1.54) is 50.6 Å². The van der Waals surface area contributed by atoms with E-state index in [1.54, 1.807) is 7.05 Å². The minimum atomic E-state index is -1.17. The second-order valence-electron chi connectivity index (χ2n) is 6.46. The summed E-state index contributed by atoms with van der Waals surface area (Å²) in [6, 6.07) is -0.831. The van der Waals surface area contributed by atoms with Gasteiger partial charge in [0.1, 0.15) is 27.8 Å². The lowest BCUT2D eigenvalue weighted by molar-refractivity contribution is -0.148. The van der Waals surface area contributed by atoms with Crippen LogP contribution < -0.4 is 5.32 Å². The summed E-state index contributed by atoms with van der Waals surface area (Å²) in [7, 11) is 1.57. The van der Waals surface area contributed by atoms with Gasteiger partial charge in [-0.25, -0.2) is 4.79 Å². The van der Waals surface area contributed by atoms with Gasteiger partial charge in [-0.2, -0.15) is 5.10 Å². The molecule has 4 rings (SSSR count). The van der Waals surface area contributed by atoms with Gasteiger partial charge >= 0.3 is 5.97 Å². The third-order valence-electron chi connectivity index (χ3n) is 4.52. The van der Waals surface area contributed by atoms with Crippen LogP contribution in [0.1, 0.15) is 15.5 Å². The molecule has 0 aromatic carbocycles. The number of hydrogen-bond acceptors (Lipinski definition) is 9. The lowest BCUT2D eigenvalue weighted by Gasteiger charge is -2.49. The maximum atomic E-state index is 12.7. The molecule has 2 aliphatic heterocycles. The van der Waals surface area contributed by atoms with E-state index in [9.17, 15) is 19.5 Å². The predicted molar refractivity (Wildman–Crippen MR) is 113 cm³/mol. The quantitative estimate of drug-likeness (QED) is 0.459. The van der Waals surface area contributed by atoms with Crippen LogP contribution in [0.2, 0.25) is 5.02 Å². The largest absolute Gasteiger partial charge is 0.477 e. The number of thioether (sulfide) groups is 2. The summed E-state index contributed by atoms with van der Waals surface area (Å²) in [6.07, 6.45) is 1.34. The molecule has 2 amide bonds. The lowest BCUT2D eigenvalue weighted by Crippen LogP contribution is -2.70. The lowest BCUT2D eigenvalue weighted by atomic mass is 10.0. The number of carbonyl (C=O) groups is 3. The second kappa shape index (κ2) is 8.21. The molecule has 10 nitrogen and oxygen atoms in total. The number of carboxylic acids is 1. The minimum absolute atomic E-state index is 0.0263. The molecule has 1 saturated heterocycles. The number of halogens is 1. The predicted octanol–water partition coefficient (Wildman–Crippen LogP) is 1.38. The zero-order chi connectivity index (χ0) is 21.6. The number of hydrogen-bond donors (Lipinski definition) is 2. The highest BCUT2D eigenvalue weighted by Crippen LogP contribution is 2.41. The maximum Gasteiger partial charge on any atom is 0.352 e. The van der Waals surface area contributed by atoms with E-state index in [-0.39, 0.29) is 16.4 Å². The van der Waals surface area contributed by atoms with Gasteiger partial charge < -0.3 is 10.4 Å². The number of β-lactam (4-membered cyclic amide) rings is 1. The first-order chi connectivity index (χ1) is 14.3. The van der Waals surface area contributed by atoms with Crippen LogP contribution in [-0.4, -0.2) is 70.7 Å². The van der Waals surface area contributed by atoms with Gasteiger partial charge in [-0.3, -0.25) is 19.2 Å². The Bertz CT molecular complexity index is 1060. The van der Waals surface area contributed by atoms with Crippen molar-refractivity contribution < 1.29 is 19.5 Å². The van der Waals surface area contributed by atoms with Crippen LogP contribution in [0.15, 0.2) is 21.8 Å². The Morgan fingerprint density at radius 2 is 2.20 bits per heavy atom. The molecule has 0 unspecified atom stereocenters. The molecule has 0 saturated carbocycles. The number of fused-ring (bicyclic) bond motifs is 1. The fourth-order valence-corrected chi connectivity index (χ4v) is 6.71. The summed E-state index contributed by atoms with van der Waals surface area (Å²) in [4.78, 5) is 38.4. The van der Waals surface area contributed by atoms with E-state index in [0.29, 0.717) is 17.1 Å². The van der Waals surface area contributed by atoms with Gasteiger partial charge in [0.25, 0.3) is 11.8 Å².